The van der Waals surface area contributed by atoms with Crippen LogP contribution in [0.5, 0.6) is 5.75 Å². The number of methoxy groups -OCH3 is 1. The predicted octanol–water partition coefficient (Wildman–Crippen LogP) is 2.88. The quantitative estimate of drug-likeness (QED) is 0.399. The number of thioether (sulfide) groups is 1. The van der Waals surface area contributed by atoms with Crippen molar-refractivity contribution in [1.29, 1.82) is 0 Å². The SMILES string of the molecule is COC(=O)CNC(=O)CSc1nnc(COc2ccc(Cl)cc2)n1-c1ccccc1. The second kappa shape index (κ2) is 10.7. The van der Waals surface area contributed by atoms with Crippen molar-refractivity contribution in [3.05, 3.63) is 65.4 Å². The van der Waals surface area contributed by atoms with Gasteiger partial charge < -0.3 is 14.8 Å². The van der Waals surface area contributed by atoms with E-state index in [4.69, 9.17) is 16.3 Å². The number of carbonyl (C=O) groups excluding carboxylic acids is 2. The number of hydrogen-bond donors (Lipinski definition) is 1. The van der Waals surface area contributed by atoms with Gasteiger partial charge in [-0.25, -0.2) is 0 Å². The lowest BCUT2D eigenvalue weighted by atomic mass is 10.3. The first-order chi connectivity index (χ1) is 14.6. The van der Waals surface area contributed by atoms with Crippen LogP contribution in [0.25, 0.3) is 5.69 Å². The molecule has 1 aromatic heterocycles. The van der Waals surface area contributed by atoms with Gasteiger partial charge in [-0.15, -0.1) is 10.2 Å². The number of hydrogen-bond acceptors (Lipinski definition) is 7. The smallest absolute Gasteiger partial charge is 0.325 e. The molecule has 0 radical (unpaired) electrons. The topological polar surface area (TPSA) is 95.3 Å². The first kappa shape index (κ1) is 21.7. The Morgan fingerprint density at radius 2 is 1.83 bits per heavy atom. The molecule has 8 nitrogen and oxygen atoms in total. The minimum atomic E-state index is -0.512. The summed E-state index contributed by atoms with van der Waals surface area (Å²) in [7, 11) is 1.26. The van der Waals surface area contributed by atoms with Crippen LogP contribution in [-0.2, 0) is 20.9 Å². The van der Waals surface area contributed by atoms with E-state index in [0.29, 0.717) is 21.8 Å². The molecule has 0 bridgehead atoms. The molecule has 156 valence electrons. The van der Waals surface area contributed by atoms with E-state index in [9.17, 15) is 9.59 Å². The van der Waals surface area contributed by atoms with Crippen molar-refractivity contribution in [2.24, 2.45) is 0 Å². The van der Waals surface area contributed by atoms with Crippen molar-refractivity contribution in [3.8, 4) is 11.4 Å². The summed E-state index contributed by atoms with van der Waals surface area (Å²) in [6.45, 7) is 0.0000744. The van der Waals surface area contributed by atoms with Gasteiger partial charge in [0.2, 0.25) is 5.91 Å². The lowest BCUT2D eigenvalue weighted by molar-refractivity contribution is -0.140. The maximum absolute atomic E-state index is 12.0. The molecule has 0 aliphatic carbocycles. The summed E-state index contributed by atoms with van der Waals surface area (Å²) in [5.74, 6) is 0.474. The monoisotopic (exact) mass is 446 g/mol. The summed E-state index contributed by atoms with van der Waals surface area (Å²) in [6.07, 6.45) is 0. The minimum absolute atomic E-state index is 0.0694. The van der Waals surface area contributed by atoms with Gasteiger partial charge in [-0.2, -0.15) is 0 Å². The predicted molar refractivity (Wildman–Crippen MR) is 113 cm³/mol. The van der Waals surface area contributed by atoms with Crippen molar-refractivity contribution < 1.29 is 19.1 Å². The fourth-order valence-corrected chi connectivity index (χ4v) is 3.35. The van der Waals surface area contributed by atoms with Crippen LogP contribution in [0.3, 0.4) is 0 Å². The van der Waals surface area contributed by atoms with E-state index in [1.54, 1.807) is 24.3 Å². The second-order valence-corrected chi connectivity index (χ2v) is 7.33. The fraction of sp³-hybridized carbons (Fsp3) is 0.200. The van der Waals surface area contributed by atoms with Gasteiger partial charge in [-0.05, 0) is 36.4 Å². The molecular formula is C20H19ClN4O4S. The van der Waals surface area contributed by atoms with Gasteiger partial charge in [0.15, 0.2) is 11.0 Å². The summed E-state index contributed by atoms with van der Waals surface area (Å²) in [6, 6.07) is 16.6. The molecule has 0 saturated carbocycles. The number of nitrogens with zero attached hydrogens (tertiary/aromatic N) is 3. The van der Waals surface area contributed by atoms with Gasteiger partial charge in [-0.3, -0.25) is 14.2 Å². The van der Waals surface area contributed by atoms with Crippen molar-refractivity contribution in [2.75, 3.05) is 19.4 Å². The fourth-order valence-electron chi connectivity index (χ4n) is 2.43. The van der Waals surface area contributed by atoms with Gasteiger partial charge in [0.1, 0.15) is 18.9 Å². The number of esters is 1. The van der Waals surface area contributed by atoms with Crippen LogP contribution in [-0.4, -0.2) is 46.0 Å². The molecule has 0 fully saturated rings. The Morgan fingerprint density at radius 3 is 2.53 bits per heavy atom. The second-order valence-electron chi connectivity index (χ2n) is 5.95. The number of amides is 1. The van der Waals surface area contributed by atoms with E-state index >= 15 is 0 Å². The number of ether oxygens (including phenoxy) is 2. The third-order valence-electron chi connectivity index (χ3n) is 3.89. The summed E-state index contributed by atoms with van der Waals surface area (Å²) in [4.78, 5) is 23.1. The summed E-state index contributed by atoms with van der Waals surface area (Å²) in [5, 5.41) is 12.1. The first-order valence-corrected chi connectivity index (χ1v) is 10.3. The zero-order chi connectivity index (χ0) is 21.3. The molecule has 0 spiro atoms. The lowest BCUT2D eigenvalue weighted by Crippen LogP contribution is -2.31. The van der Waals surface area contributed by atoms with Crippen LogP contribution >= 0.6 is 23.4 Å². The van der Waals surface area contributed by atoms with Crippen molar-refractivity contribution in [2.45, 2.75) is 11.8 Å². The molecule has 1 N–H and O–H groups in total. The van der Waals surface area contributed by atoms with Crippen molar-refractivity contribution >= 4 is 35.2 Å². The van der Waals surface area contributed by atoms with Gasteiger partial charge in [-0.1, -0.05) is 41.6 Å². The average molecular weight is 447 g/mol. The highest BCUT2D eigenvalue weighted by molar-refractivity contribution is 7.99. The van der Waals surface area contributed by atoms with Crippen LogP contribution in [0.15, 0.2) is 59.8 Å². The molecule has 0 atom stereocenters. The molecule has 1 amide bonds. The number of aromatic nitrogens is 3. The normalized spacial score (nSPS) is 10.5. The van der Waals surface area contributed by atoms with Crippen LogP contribution in [0.2, 0.25) is 5.02 Å². The molecule has 10 heteroatoms. The van der Waals surface area contributed by atoms with Gasteiger partial charge in [0, 0.05) is 10.7 Å². The molecule has 30 heavy (non-hydrogen) atoms. The number of benzene rings is 2. The third kappa shape index (κ3) is 5.98. The average Bonchev–Trinajstić information content (AvgIpc) is 3.19. The standard InChI is InChI=1S/C20H19ClN4O4S/c1-28-19(27)11-22-18(26)13-30-20-24-23-17(25(20)15-5-3-2-4-6-15)12-29-16-9-7-14(21)8-10-16/h2-10H,11-13H2,1H3,(H,22,26). The Kier molecular flexibility index (Phi) is 7.69. The molecule has 2 aromatic carbocycles. The van der Waals surface area contributed by atoms with Crippen molar-refractivity contribution in [3.63, 3.8) is 0 Å². The van der Waals surface area contributed by atoms with Crippen LogP contribution in [0, 0.1) is 0 Å². The van der Waals surface area contributed by atoms with Gasteiger partial charge in [0.25, 0.3) is 0 Å². The summed E-state index contributed by atoms with van der Waals surface area (Å²) < 4.78 is 12.1. The molecular weight excluding hydrogens is 428 g/mol. The Hall–Kier alpha value is -3.04. The highest BCUT2D eigenvalue weighted by atomic mass is 35.5. The minimum Gasteiger partial charge on any atom is -0.486 e. The molecule has 3 aromatic rings. The zero-order valence-electron chi connectivity index (χ0n) is 16.1. The van der Waals surface area contributed by atoms with E-state index in [2.05, 4.69) is 20.3 Å². The lowest BCUT2D eigenvalue weighted by Gasteiger charge is -2.11. The highest BCUT2D eigenvalue weighted by Crippen LogP contribution is 2.23. The third-order valence-corrected chi connectivity index (χ3v) is 5.07. The van der Waals surface area contributed by atoms with Gasteiger partial charge >= 0.3 is 5.97 Å². The maximum atomic E-state index is 12.0. The van der Waals surface area contributed by atoms with Crippen LogP contribution < -0.4 is 10.1 Å². The van der Waals surface area contributed by atoms with Gasteiger partial charge in [0.05, 0.1) is 12.9 Å². The Morgan fingerprint density at radius 1 is 1.10 bits per heavy atom. The van der Waals surface area contributed by atoms with E-state index < -0.39 is 5.97 Å². The number of halogens is 1. The molecule has 3 rings (SSSR count). The maximum Gasteiger partial charge on any atom is 0.325 e. The Labute approximate surface area is 182 Å². The molecule has 0 aliphatic rings. The molecule has 0 unspecified atom stereocenters. The zero-order valence-corrected chi connectivity index (χ0v) is 17.7. The number of rotatable bonds is 9. The van der Waals surface area contributed by atoms with E-state index in [-0.39, 0.29) is 24.8 Å². The number of carbonyl (C=O) groups is 2. The number of nitrogens with one attached hydrogen (secondary N) is 1. The number of para-hydroxylation sites is 1. The first-order valence-electron chi connectivity index (χ1n) is 8.91. The van der Waals surface area contributed by atoms with Crippen LogP contribution in [0.4, 0.5) is 0 Å². The highest BCUT2D eigenvalue weighted by Gasteiger charge is 2.16. The Balaban J connectivity index is 1.72. The van der Waals surface area contributed by atoms with E-state index in [0.717, 1.165) is 5.69 Å². The molecule has 1 heterocycles. The summed E-state index contributed by atoms with van der Waals surface area (Å²) in [5.41, 5.74) is 0.842. The molecule has 0 aliphatic heterocycles. The molecule has 0 saturated heterocycles. The summed E-state index contributed by atoms with van der Waals surface area (Å²) >= 11 is 7.11. The van der Waals surface area contributed by atoms with Crippen molar-refractivity contribution in [1.82, 2.24) is 20.1 Å². The largest absolute Gasteiger partial charge is 0.486 e. The van der Waals surface area contributed by atoms with E-state index in [1.165, 1.54) is 18.9 Å². The van der Waals surface area contributed by atoms with Crippen LogP contribution in [0.1, 0.15) is 5.82 Å². The Bertz CT molecular complexity index is 996. The van der Waals surface area contributed by atoms with E-state index in [1.807, 2.05) is 34.9 Å².